The van der Waals surface area contributed by atoms with Crippen LogP contribution in [0.15, 0.2) is 61.1 Å². The first-order valence-electron chi connectivity index (χ1n) is 7.43. The molecular formula is C18H17N3. The minimum Gasteiger partial charge on any atom is -0.326 e. The van der Waals surface area contributed by atoms with Gasteiger partial charge in [-0.15, -0.1) is 0 Å². The molecule has 0 unspecified atom stereocenters. The highest BCUT2D eigenvalue weighted by molar-refractivity contribution is 5.49. The summed E-state index contributed by atoms with van der Waals surface area (Å²) in [6.45, 7) is 0. The Morgan fingerprint density at radius 2 is 1.76 bits per heavy atom. The van der Waals surface area contributed by atoms with Crippen molar-refractivity contribution < 1.29 is 0 Å². The van der Waals surface area contributed by atoms with Gasteiger partial charge < -0.3 is 4.57 Å². The van der Waals surface area contributed by atoms with Crippen molar-refractivity contribution in [2.75, 3.05) is 0 Å². The van der Waals surface area contributed by atoms with Crippen molar-refractivity contribution in [1.82, 2.24) is 14.5 Å². The van der Waals surface area contributed by atoms with E-state index in [2.05, 4.69) is 45.0 Å². The summed E-state index contributed by atoms with van der Waals surface area (Å²) in [5.41, 5.74) is 3.91. The van der Waals surface area contributed by atoms with Crippen molar-refractivity contribution in [2.45, 2.75) is 25.3 Å². The zero-order valence-electron chi connectivity index (χ0n) is 11.8. The highest BCUT2D eigenvalue weighted by atomic mass is 15.1. The molecule has 1 aliphatic carbocycles. The Bertz CT molecular complexity index is 746. The highest BCUT2D eigenvalue weighted by Crippen LogP contribution is 2.31. The number of nitrogens with zero attached hydrogens (tertiary/aromatic N) is 3. The Balaban J connectivity index is 1.69. The standard InChI is InChI=1S/C18H17N3/c1-2-6-15-13-16(9-8-14(15)5-1)21-12-11-20-18(21)17-7-3-4-10-19-17/h1-7,10-12,16H,8-9,13H2/t16-/m1/s1. The van der Waals surface area contributed by atoms with E-state index in [1.807, 2.05) is 30.6 Å². The van der Waals surface area contributed by atoms with Gasteiger partial charge in [0.15, 0.2) is 5.82 Å². The molecule has 4 rings (SSSR count). The fourth-order valence-electron chi connectivity index (χ4n) is 3.22. The highest BCUT2D eigenvalue weighted by Gasteiger charge is 2.22. The van der Waals surface area contributed by atoms with Gasteiger partial charge in [0, 0.05) is 24.6 Å². The third-order valence-corrected chi connectivity index (χ3v) is 4.28. The van der Waals surface area contributed by atoms with Gasteiger partial charge >= 0.3 is 0 Å². The van der Waals surface area contributed by atoms with Crippen LogP contribution in [0.4, 0.5) is 0 Å². The van der Waals surface area contributed by atoms with Gasteiger partial charge in [0.25, 0.3) is 0 Å². The average Bonchev–Trinajstić information content (AvgIpc) is 3.05. The van der Waals surface area contributed by atoms with Gasteiger partial charge in [-0.25, -0.2) is 4.98 Å². The molecule has 0 aliphatic heterocycles. The maximum absolute atomic E-state index is 4.52. The molecule has 2 heterocycles. The molecule has 21 heavy (non-hydrogen) atoms. The minimum absolute atomic E-state index is 0.472. The third kappa shape index (κ3) is 2.25. The van der Waals surface area contributed by atoms with E-state index in [-0.39, 0.29) is 0 Å². The summed E-state index contributed by atoms with van der Waals surface area (Å²) in [5.74, 6) is 0.972. The lowest BCUT2D eigenvalue weighted by molar-refractivity contribution is 0.446. The monoisotopic (exact) mass is 275 g/mol. The summed E-state index contributed by atoms with van der Waals surface area (Å²) in [6.07, 6.45) is 9.16. The molecule has 1 aliphatic rings. The predicted molar refractivity (Wildman–Crippen MR) is 83.0 cm³/mol. The van der Waals surface area contributed by atoms with Crippen LogP contribution < -0.4 is 0 Å². The lowest BCUT2D eigenvalue weighted by Gasteiger charge is -2.26. The van der Waals surface area contributed by atoms with Crippen LogP contribution >= 0.6 is 0 Å². The molecule has 0 bridgehead atoms. The molecule has 3 heteroatoms. The second-order valence-corrected chi connectivity index (χ2v) is 5.54. The van der Waals surface area contributed by atoms with E-state index in [0.717, 1.165) is 30.8 Å². The van der Waals surface area contributed by atoms with Crippen LogP contribution in [0.5, 0.6) is 0 Å². The summed E-state index contributed by atoms with van der Waals surface area (Å²) < 4.78 is 2.29. The van der Waals surface area contributed by atoms with Crippen LogP contribution in [0.25, 0.3) is 11.5 Å². The molecule has 3 aromatic rings. The zero-order valence-corrected chi connectivity index (χ0v) is 11.8. The number of pyridine rings is 1. The number of aromatic nitrogens is 3. The lowest BCUT2D eigenvalue weighted by Crippen LogP contribution is -2.19. The lowest BCUT2D eigenvalue weighted by atomic mass is 9.88. The molecule has 0 amide bonds. The topological polar surface area (TPSA) is 30.7 Å². The van der Waals surface area contributed by atoms with Crippen molar-refractivity contribution in [2.24, 2.45) is 0 Å². The fraction of sp³-hybridized carbons (Fsp3) is 0.222. The number of imidazole rings is 1. The quantitative estimate of drug-likeness (QED) is 0.714. The summed E-state index contributed by atoms with van der Waals surface area (Å²) >= 11 is 0. The summed E-state index contributed by atoms with van der Waals surface area (Å²) in [7, 11) is 0. The molecule has 0 saturated heterocycles. The maximum Gasteiger partial charge on any atom is 0.158 e. The first kappa shape index (κ1) is 12.3. The molecule has 2 aromatic heterocycles. The second-order valence-electron chi connectivity index (χ2n) is 5.54. The first-order chi connectivity index (χ1) is 10.4. The smallest absolute Gasteiger partial charge is 0.158 e. The van der Waals surface area contributed by atoms with Crippen molar-refractivity contribution in [3.63, 3.8) is 0 Å². The summed E-state index contributed by atoms with van der Waals surface area (Å²) in [4.78, 5) is 8.96. The van der Waals surface area contributed by atoms with Gasteiger partial charge in [0.1, 0.15) is 5.69 Å². The van der Waals surface area contributed by atoms with E-state index in [4.69, 9.17) is 0 Å². The molecule has 104 valence electrons. The summed E-state index contributed by atoms with van der Waals surface area (Å²) in [6, 6.07) is 15.2. The molecule has 0 saturated carbocycles. The Labute approximate surface area is 124 Å². The van der Waals surface area contributed by atoms with Crippen LogP contribution in [-0.4, -0.2) is 14.5 Å². The Kier molecular flexibility index (Phi) is 3.03. The Morgan fingerprint density at radius 3 is 2.62 bits per heavy atom. The van der Waals surface area contributed by atoms with E-state index in [1.54, 1.807) is 0 Å². The van der Waals surface area contributed by atoms with E-state index < -0.39 is 0 Å². The van der Waals surface area contributed by atoms with Crippen LogP contribution in [0, 0.1) is 0 Å². The number of benzene rings is 1. The SMILES string of the molecule is c1ccc(-c2nccn2[C@@H]2CCc3ccccc3C2)nc1. The van der Waals surface area contributed by atoms with Gasteiger partial charge in [-0.3, -0.25) is 4.98 Å². The number of rotatable bonds is 2. The molecular weight excluding hydrogens is 258 g/mol. The largest absolute Gasteiger partial charge is 0.326 e. The Hall–Kier alpha value is -2.42. The molecule has 1 atom stereocenters. The average molecular weight is 275 g/mol. The van der Waals surface area contributed by atoms with Gasteiger partial charge in [-0.05, 0) is 42.5 Å². The van der Waals surface area contributed by atoms with Crippen LogP contribution in [-0.2, 0) is 12.8 Å². The van der Waals surface area contributed by atoms with E-state index in [9.17, 15) is 0 Å². The number of hydrogen-bond acceptors (Lipinski definition) is 2. The number of fused-ring (bicyclic) bond motifs is 1. The number of hydrogen-bond donors (Lipinski definition) is 0. The Morgan fingerprint density at radius 1 is 0.905 bits per heavy atom. The molecule has 0 spiro atoms. The molecule has 0 radical (unpaired) electrons. The van der Waals surface area contributed by atoms with Crippen molar-refractivity contribution >= 4 is 0 Å². The molecule has 0 N–H and O–H groups in total. The third-order valence-electron chi connectivity index (χ3n) is 4.28. The van der Waals surface area contributed by atoms with Gasteiger partial charge in [0.2, 0.25) is 0 Å². The second kappa shape index (κ2) is 5.17. The van der Waals surface area contributed by atoms with Crippen LogP contribution in [0.2, 0.25) is 0 Å². The van der Waals surface area contributed by atoms with Gasteiger partial charge in [-0.1, -0.05) is 30.3 Å². The summed E-state index contributed by atoms with van der Waals surface area (Å²) in [5, 5.41) is 0. The van der Waals surface area contributed by atoms with Crippen molar-refractivity contribution in [3.05, 3.63) is 72.2 Å². The normalized spacial score (nSPS) is 17.4. The van der Waals surface area contributed by atoms with E-state index >= 15 is 0 Å². The fourth-order valence-corrected chi connectivity index (χ4v) is 3.22. The van der Waals surface area contributed by atoms with Gasteiger partial charge in [-0.2, -0.15) is 0 Å². The molecule has 1 aromatic carbocycles. The zero-order chi connectivity index (χ0) is 14.1. The number of aryl methyl sites for hydroxylation is 1. The first-order valence-corrected chi connectivity index (χ1v) is 7.43. The van der Waals surface area contributed by atoms with E-state index in [0.29, 0.717) is 6.04 Å². The van der Waals surface area contributed by atoms with E-state index in [1.165, 1.54) is 11.1 Å². The van der Waals surface area contributed by atoms with Gasteiger partial charge in [0.05, 0.1) is 0 Å². The van der Waals surface area contributed by atoms with Crippen LogP contribution in [0.1, 0.15) is 23.6 Å². The maximum atomic E-state index is 4.52. The van der Waals surface area contributed by atoms with Crippen molar-refractivity contribution in [1.29, 1.82) is 0 Å². The van der Waals surface area contributed by atoms with Crippen molar-refractivity contribution in [3.8, 4) is 11.5 Å². The van der Waals surface area contributed by atoms with Crippen LogP contribution in [0.3, 0.4) is 0 Å². The molecule has 3 nitrogen and oxygen atoms in total. The molecule has 0 fully saturated rings. The minimum atomic E-state index is 0.472. The predicted octanol–water partition coefficient (Wildman–Crippen LogP) is 3.68.